The number of nitrogens with zero attached hydrogens (tertiary/aromatic N) is 2. The fraction of sp³-hybridized carbons (Fsp3) is 0.692. The van der Waals surface area contributed by atoms with Gasteiger partial charge in [0.2, 0.25) is 0 Å². The van der Waals surface area contributed by atoms with E-state index in [0.717, 1.165) is 30.2 Å². The first-order valence-corrected chi connectivity index (χ1v) is 8.85. The lowest BCUT2D eigenvalue weighted by molar-refractivity contribution is 0.656. The summed E-state index contributed by atoms with van der Waals surface area (Å²) < 4.78 is 0. The van der Waals surface area contributed by atoms with Crippen LogP contribution in [-0.4, -0.2) is 34.3 Å². The van der Waals surface area contributed by atoms with E-state index in [1.807, 2.05) is 30.6 Å². The zero-order chi connectivity index (χ0) is 12.4. The van der Waals surface area contributed by atoms with Gasteiger partial charge in [0.25, 0.3) is 0 Å². The first-order valence-electron chi connectivity index (χ1n) is 6.65. The minimum Gasteiger partial charge on any atom is -0.373 e. The second-order valence-electron chi connectivity index (χ2n) is 4.75. The lowest BCUT2D eigenvalue weighted by Crippen LogP contribution is -2.17. The van der Waals surface area contributed by atoms with Crippen molar-refractivity contribution < 1.29 is 0 Å². The molecule has 1 fully saturated rings. The van der Waals surface area contributed by atoms with Gasteiger partial charge in [0.1, 0.15) is 11.6 Å². The summed E-state index contributed by atoms with van der Waals surface area (Å²) in [5.41, 5.74) is 2.66. The molecule has 1 aliphatic carbocycles. The minimum atomic E-state index is 0.489. The van der Waals surface area contributed by atoms with Crippen LogP contribution in [-0.2, 0) is 12.8 Å². The molecule has 1 atom stereocenters. The summed E-state index contributed by atoms with van der Waals surface area (Å²) in [6.07, 6.45) is 4.82. The highest BCUT2D eigenvalue weighted by atomic mass is 32.2. The normalized spacial score (nSPS) is 23.5. The van der Waals surface area contributed by atoms with Crippen LogP contribution in [0, 0.1) is 0 Å². The van der Waals surface area contributed by atoms with Gasteiger partial charge in [0.05, 0.1) is 5.25 Å². The van der Waals surface area contributed by atoms with E-state index < -0.39 is 0 Å². The predicted octanol–water partition coefficient (Wildman–Crippen LogP) is 2.92. The van der Waals surface area contributed by atoms with E-state index in [0.29, 0.717) is 5.25 Å². The largest absolute Gasteiger partial charge is 0.373 e. The quantitative estimate of drug-likeness (QED) is 0.902. The molecular weight excluding hydrogens is 262 g/mol. The zero-order valence-corrected chi connectivity index (χ0v) is 12.4. The molecule has 1 aliphatic heterocycles. The van der Waals surface area contributed by atoms with Gasteiger partial charge in [-0.05, 0) is 25.7 Å². The van der Waals surface area contributed by atoms with Crippen LogP contribution in [0.15, 0.2) is 0 Å². The summed E-state index contributed by atoms with van der Waals surface area (Å²) in [5.74, 6) is 5.78. The summed E-state index contributed by atoms with van der Waals surface area (Å²) >= 11 is 4.04. The van der Waals surface area contributed by atoms with E-state index in [-0.39, 0.29) is 0 Å². The topological polar surface area (TPSA) is 37.8 Å². The molecular formula is C13H19N3S2. The highest BCUT2D eigenvalue weighted by molar-refractivity contribution is 8.06. The van der Waals surface area contributed by atoms with E-state index in [9.17, 15) is 0 Å². The molecule has 1 saturated heterocycles. The Morgan fingerprint density at radius 3 is 2.83 bits per heavy atom. The Morgan fingerprint density at radius 2 is 2.06 bits per heavy atom. The molecule has 3 nitrogen and oxygen atoms in total. The van der Waals surface area contributed by atoms with Gasteiger partial charge < -0.3 is 5.32 Å². The Morgan fingerprint density at radius 1 is 1.17 bits per heavy atom. The average Bonchev–Trinajstić information content (AvgIpc) is 2.47. The Bertz CT molecular complexity index is 413. The van der Waals surface area contributed by atoms with Crippen molar-refractivity contribution in [1.29, 1.82) is 0 Å². The molecule has 0 amide bonds. The number of fused-ring (bicyclic) bond motifs is 1. The third-order valence-electron chi connectivity index (χ3n) is 3.54. The summed E-state index contributed by atoms with van der Waals surface area (Å²) in [4.78, 5) is 9.63. The van der Waals surface area contributed by atoms with Gasteiger partial charge in [0.15, 0.2) is 0 Å². The van der Waals surface area contributed by atoms with Gasteiger partial charge in [-0.1, -0.05) is 0 Å². The van der Waals surface area contributed by atoms with Crippen molar-refractivity contribution in [1.82, 2.24) is 9.97 Å². The van der Waals surface area contributed by atoms with Crippen molar-refractivity contribution in [2.24, 2.45) is 0 Å². The molecule has 2 heterocycles. The SMILES string of the molecule is CNc1nc(C2CSCCS2)nc2c1CCCC2. The molecule has 18 heavy (non-hydrogen) atoms. The molecule has 0 bridgehead atoms. The van der Waals surface area contributed by atoms with Gasteiger partial charge in [-0.25, -0.2) is 9.97 Å². The summed E-state index contributed by atoms with van der Waals surface area (Å²) in [6, 6.07) is 0. The van der Waals surface area contributed by atoms with E-state index in [1.165, 1.54) is 35.6 Å². The molecule has 1 N–H and O–H groups in total. The molecule has 5 heteroatoms. The van der Waals surface area contributed by atoms with Crippen LogP contribution in [0.5, 0.6) is 0 Å². The minimum absolute atomic E-state index is 0.489. The van der Waals surface area contributed by atoms with Crippen molar-refractivity contribution in [3.8, 4) is 0 Å². The number of thioether (sulfide) groups is 2. The first-order chi connectivity index (χ1) is 8.88. The second kappa shape index (κ2) is 5.70. The van der Waals surface area contributed by atoms with Crippen LogP contribution in [0.4, 0.5) is 5.82 Å². The molecule has 0 radical (unpaired) electrons. The highest BCUT2D eigenvalue weighted by Gasteiger charge is 2.23. The number of anilines is 1. The fourth-order valence-electron chi connectivity index (χ4n) is 2.60. The van der Waals surface area contributed by atoms with E-state index in [2.05, 4.69) is 5.32 Å². The predicted molar refractivity (Wildman–Crippen MR) is 80.7 cm³/mol. The Kier molecular flexibility index (Phi) is 3.99. The monoisotopic (exact) mass is 281 g/mol. The van der Waals surface area contributed by atoms with Crippen molar-refractivity contribution in [2.45, 2.75) is 30.9 Å². The number of aromatic nitrogens is 2. The van der Waals surface area contributed by atoms with Crippen molar-refractivity contribution in [2.75, 3.05) is 29.6 Å². The number of rotatable bonds is 2. The molecule has 0 spiro atoms. The van der Waals surface area contributed by atoms with Crippen LogP contribution >= 0.6 is 23.5 Å². The van der Waals surface area contributed by atoms with Crippen molar-refractivity contribution in [3.05, 3.63) is 17.1 Å². The summed E-state index contributed by atoms with van der Waals surface area (Å²) in [7, 11) is 1.98. The van der Waals surface area contributed by atoms with E-state index in [1.54, 1.807) is 0 Å². The van der Waals surface area contributed by atoms with Crippen LogP contribution < -0.4 is 5.32 Å². The van der Waals surface area contributed by atoms with Gasteiger partial charge in [-0.2, -0.15) is 11.8 Å². The number of aryl methyl sites for hydroxylation is 1. The van der Waals surface area contributed by atoms with Crippen LogP contribution in [0.3, 0.4) is 0 Å². The fourth-order valence-corrected chi connectivity index (χ4v) is 5.20. The molecule has 98 valence electrons. The molecule has 1 aromatic rings. The third kappa shape index (κ3) is 2.48. The van der Waals surface area contributed by atoms with Crippen LogP contribution in [0.25, 0.3) is 0 Å². The summed E-state index contributed by atoms with van der Waals surface area (Å²) in [6.45, 7) is 0. The Balaban J connectivity index is 1.94. The lowest BCUT2D eigenvalue weighted by atomic mass is 9.96. The molecule has 0 saturated carbocycles. The molecule has 1 aromatic heterocycles. The first kappa shape index (κ1) is 12.6. The smallest absolute Gasteiger partial charge is 0.144 e. The van der Waals surface area contributed by atoms with Gasteiger partial charge >= 0.3 is 0 Å². The van der Waals surface area contributed by atoms with Gasteiger partial charge in [-0.15, -0.1) is 11.8 Å². The zero-order valence-electron chi connectivity index (χ0n) is 10.7. The molecule has 2 aliphatic rings. The Hall–Kier alpha value is -0.420. The van der Waals surface area contributed by atoms with Gasteiger partial charge in [-0.3, -0.25) is 0 Å². The third-order valence-corrected chi connectivity index (χ3v) is 6.29. The van der Waals surface area contributed by atoms with Crippen LogP contribution in [0.2, 0.25) is 0 Å². The highest BCUT2D eigenvalue weighted by Crippen LogP contribution is 2.36. The standard InChI is InChI=1S/C13H19N3S2/c1-14-12-9-4-2-3-5-10(9)15-13(16-12)11-8-17-6-7-18-11/h11H,2-8H2,1H3,(H,14,15,16). The maximum absolute atomic E-state index is 4.86. The Labute approximate surface area is 117 Å². The maximum atomic E-state index is 4.86. The van der Waals surface area contributed by atoms with E-state index in [4.69, 9.17) is 9.97 Å². The number of hydrogen-bond acceptors (Lipinski definition) is 5. The second-order valence-corrected chi connectivity index (χ2v) is 7.21. The van der Waals surface area contributed by atoms with Gasteiger partial charge in [0, 0.05) is 35.6 Å². The molecule has 0 aromatic carbocycles. The molecule has 1 unspecified atom stereocenters. The van der Waals surface area contributed by atoms with E-state index >= 15 is 0 Å². The molecule has 3 rings (SSSR count). The van der Waals surface area contributed by atoms with Crippen molar-refractivity contribution >= 4 is 29.3 Å². The maximum Gasteiger partial charge on any atom is 0.144 e. The van der Waals surface area contributed by atoms with Crippen LogP contribution in [0.1, 0.15) is 35.2 Å². The number of nitrogens with one attached hydrogen (secondary N) is 1. The summed E-state index contributed by atoms with van der Waals surface area (Å²) in [5, 5.41) is 3.76. The van der Waals surface area contributed by atoms with Crippen molar-refractivity contribution in [3.63, 3.8) is 0 Å². The lowest BCUT2D eigenvalue weighted by Gasteiger charge is -2.23. The number of hydrogen-bond donors (Lipinski definition) is 1. The average molecular weight is 281 g/mol.